The summed E-state index contributed by atoms with van der Waals surface area (Å²) in [5.74, 6) is -0.683. The third-order valence-corrected chi connectivity index (χ3v) is 3.58. The van der Waals surface area contributed by atoms with Crippen molar-refractivity contribution in [2.45, 2.75) is 58.2 Å². The molecular weight excluding hydrogens is 204 g/mol. The minimum atomic E-state index is -0.683. The van der Waals surface area contributed by atoms with Gasteiger partial charge >= 0.3 is 5.97 Å². The smallest absolute Gasteiger partial charge is 0.320 e. The number of carboxylic acids is 1. The van der Waals surface area contributed by atoms with Gasteiger partial charge < -0.3 is 10.4 Å². The molecule has 1 heterocycles. The zero-order chi connectivity index (χ0) is 12.1. The van der Waals surface area contributed by atoms with Crippen LogP contribution in [0, 0.1) is 0 Å². The van der Waals surface area contributed by atoms with Crippen molar-refractivity contribution in [1.82, 2.24) is 10.2 Å². The molecule has 1 aliphatic rings. The summed E-state index contributed by atoms with van der Waals surface area (Å²) in [4.78, 5) is 13.4. The van der Waals surface area contributed by atoms with Crippen LogP contribution < -0.4 is 5.32 Å². The van der Waals surface area contributed by atoms with E-state index in [4.69, 9.17) is 0 Å². The number of nitrogens with one attached hydrogen (secondary N) is 1. The van der Waals surface area contributed by atoms with Gasteiger partial charge in [-0.15, -0.1) is 0 Å². The first-order valence-corrected chi connectivity index (χ1v) is 6.35. The van der Waals surface area contributed by atoms with Crippen LogP contribution in [-0.4, -0.2) is 47.2 Å². The lowest BCUT2D eigenvalue weighted by atomic mass is 10.0. The largest absolute Gasteiger partial charge is 0.480 e. The van der Waals surface area contributed by atoms with Crippen molar-refractivity contribution in [2.75, 3.05) is 13.1 Å². The Balaban J connectivity index is 2.73. The topological polar surface area (TPSA) is 52.6 Å². The van der Waals surface area contributed by atoms with Crippen LogP contribution in [0.15, 0.2) is 0 Å². The first-order valence-electron chi connectivity index (χ1n) is 6.35. The fourth-order valence-corrected chi connectivity index (χ4v) is 2.47. The zero-order valence-electron chi connectivity index (χ0n) is 10.6. The Kier molecular flexibility index (Phi) is 5.22. The van der Waals surface area contributed by atoms with E-state index in [0.717, 1.165) is 25.9 Å². The van der Waals surface area contributed by atoms with E-state index in [1.165, 1.54) is 0 Å². The van der Waals surface area contributed by atoms with Gasteiger partial charge in [0, 0.05) is 25.2 Å². The van der Waals surface area contributed by atoms with Gasteiger partial charge in [0.05, 0.1) is 0 Å². The number of nitrogens with zero attached hydrogens (tertiary/aromatic N) is 1. The number of carboxylic acid groups (broad SMARTS) is 1. The summed E-state index contributed by atoms with van der Waals surface area (Å²) in [7, 11) is 0. The molecule has 16 heavy (non-hydrogen) atoms. The van der Waals surface area contributed by atoms with E-state index in [-0.39, 0.29) is 6.04 Å². The maximum Gasteiger partial charge on any atom is 0.320 e. The van der Waals surface area contributed by atoms with Crippen LogP contribution in [0.4, 0.5) is 0 Å². The Hall–Kier alpha value is -0.610. The molecule has 0 saturated carbocycles. The molecule has 0 aromatic heterocycles. The Morgan fingerprint density at radius 1 is 1.44 bits per heavy atom. The van der Waals surface area contributed by atoms with Gasteiger partial charge in [0.25, 0.3) is 0 Å². The van der Waals surface area contributed by atoms with Gasteiger partial charge in [0.2, 0.25) is 0 Å². The Labute approximate surface area is 98.0 Å². The first kappa shape index (κ1) is 13.5. The third-order valence-electron chi connectivity index (χ3n) is 3.58. The third kappa shape index (κ3) is 2.95. The number of piperazine rings is 1. The van der Waals surface area contributed by atoms with Crippen LogP contribution in [0.25, 0.3) is 0 Å². The van der Waals surface area contributed by atoms with Crippen molar-refractivity contribution in [3.63, 3.8) is 0 Å². The molecule has 0 aliphatic carbocycles. The molecule has 2 N–H and O–H groups in total. The molecular formula is C12H24N2O2. The highest BCUT2D eigenvalue weighted by Gasteiger charge is 2.33. The number of rotatable bonds is 5. The maximum absolute atomic E-state index is 11.2. The van der Waals surface area contributed by atoms with Crippen LogP contribution in [-0.2, 0) is 4.79 Å². The minimum Gasteiger partial charge on any atom is -0.480 e. The van der Waals surface area contributed by atoms with E-state index < -0.39 is 5.97 Å². The summed E-state index contributed by atoms with van der Waals surface area (Å²) in [5, 5.41) is 12.7. The summed E-state index contributed by atoms with van der Waals surface area (Å²) in [5.41, 5.74) is 0. The van der Waals surface area contributed by atoms with Crippen molar-refractivity contribution in [1.29, 1.82) is 0 Å². The molecule has 1 saturated heterocycles. The van der Waals surface area contributed by atoms with Gasteiger partial charge in [0.15, 0.2) is 0 Å². The van der Waals surface area contributed by atoms with E-state index in [0.29, 0.717) is 18.5 Å². The first-order chi connectivity index (χ1) is 7.63. The fourth-order valence-electron chi connectivity index (χ4n) is 2.47. The lowest BCUT2D eigenvalue weighted by Gasteiger charge is -2.42. The Bertz CT molecular complexity index is 233. The second kappa shape index (κ2) is 6.21. The molecule has 4 nitrogen and oxygen atoms in total. The van der Waals surface area contributed by atoms with Crippen molar-refractivity contribution >= 4 is 5.97 Å². The van der Waals surface area contributed by atoms with Crippen molar-refractivity contribution in [3.05, 3.63) is 0 Å². The number of hydrogen-bond acceptors (Lipinski definition) is 3. The quantitative estimate of drug-likeness (QED) is 0.745. The normalized spacial score (nSPS) is 28.9. The summed E-state index contributed by atoms with van der Waals surface area (Å²) < 4.78 is 0. The number of hydrogen-bond donors (Lipinski definition) is 2. The molecule has 0 bridgehead atoms. The fraction of sp³-hybridized carbons (Fsp3) is 0.917. The monoisotopic (exact) mass is 228 g/mol. The van der Waals surface area contributed by atoms with Crippen molar-refractivity contribution in [2.24, 2.45) is 0 Å². The van der Waals surface area contributed by atoms with Gasteiger partial charge in [-0.1, -0.05) is 20.8 Å². The second-order valence-electron chi connectivity index (χ2n) is 4.53. The standard InChI is InChI=1S/C12H24N2O2/c1-4-9-8-14(10(5-2)7-13-9)11(6-3)12(15)16/h9-11,13H,4-8H2,1-3H3,(H,15,16). The molecule has 0 radical (unpaired) electrons. The molecule has 4 heteroatoms. The van der Waals surface area contributed by atoms with E-state index in [2.05, 4.69) is 24.1 Å². The molecule has 0 amide bonds. The summed E-state index contributed by atoms with van der Waals surface area (Å²) in [6, 6.07) is 0.487. The maximum atomic E-state index is 11.2. The predicted octanol–water partition coefficient (Wildman–Crippen LogP) is 1.31. The van der Waals surface area contributed by atoms with Crippen LogP contribution >= 0.6 is 0 Å². The zero-order valence-corrected chi connectivity index (χ0v) is 10.6. The highest BCUT2D eigenvalue weighted by molar-refractivity contribution is 5.73. The van der Waals surface area contributed by atoms with Crippen LogP contribution in [0.1, 0.15) is 40.0 Å². The lowest BCUT2D eigenvalue weighted by molar-refractivity contribution is -0.145. The number of aliphatic carboxylic acids is 1. The van der Waals surface area contributed by atoms with Gasteiger partial charge in [-0.2, -0.15) is 0 Å². The van der Waals surface area contributed by atoms with E-state index in [1.807, 2.05) is 6.92 Å². The van der Waals surface area contributed by atoms with Crippen LogP contribution in [0.5, 0.6) is 0 Å². The molecule has 1 rings (SSSR count). The van der Waals surface area contributed by atoms with Gasteiger partial charge in [-0.25, -0.2) is 0 Å². The SMILES string of the molecule is CCC1CN(C(CC)C(=O)O)C(CC)CN1. The predicted molar refractivity (Wildman–Crippen MR) is 64.6 cm³/mol. The highest BCUT2D eigenvalue weighted by Crippen LogP contribution is 2.17. The molecule has 1 fully saturated rings. The van der Waals surface area contributed by atoms with Crippen molar-refractivity contribution < 1.29 is 9.90 Å². The Morgan fingerprint density at radius 2 is 2.12 bits per heavy atom. The van der Waals surface area contributed by atoms with Gasteiger partial charge in [0.1, 0.15) is 6.04 Å². The summed E-state index contributed by atoms with van der Waals surface area (Å²) in [6.45, 7) is 8.00. The summed E-state index contributed by atoms with van der Waals surface area (Å²) >= 11 is 0. The van der Waals surface area contributed by atoms with Gasteiger partial charge in [-0.05, 0) is 19.3 Å². The molecule has 0 aromatic rings. The molecule has 94 valence electrons. The van der Waals surface area contributed by atoms with E-state index in [1.54, 1.807) is 0 Å². The molecule has 0 aromatic carbocycles. The second-order valence-corrected chi connectivity index (χ2v) is 4.53. The molecule has 3 unspecified atom stereocenters. The average Bonchev–Trinajstić information content (AvgIpc) is 2.29. The summed E-state index contributed by atoms with van der Waals surface area (Å²) in [6.07, 6.45) is 2.75. The van der Waals surface area contributed by atoms with E-state index >= 15 is 0 Å². The Morgan fingerprint density at radius 3 is 2.56 bits per heavy atom. The molecule has 3 atom stereocenters. The van der Waals surface area contributed by atoms with Gasteiger partial charge in [-0.3, -0.25) is 9.69 Å². The molecule has 1 aliphatic heterocycles. The number of carbonyl (C=O) groups is 1. The van der Waals surface area contributed by atoms with Crippen molar-refractivity contribution in [3.8, 4) is 0 Å². The highest BCUT2D eigenvalue weighted by atomic mass is 16.4. The van der Waals surface area contributed by atoms with Crippen LogP contribution in [0.3, 0.4) is 0 Å². The van der Waals surface area contributed by atoms with Crippen LogP contribution in [0.2, 0.25) is 0 Å². The average molecular weight is 228 g/mol. The van der Waals surface area contributed by atoms with E-state index in [9.17, 15) is 9.90 Å². The molecule has 0 spiro atoms. The minimum absolute atomic E-state index is 0.318. The lowest BCUT2D eigenvalue weighted by Crippen LogP contribution is -2.60.